The van der Waals surface area contributed by atoms with Crippen LogP contribution in [0.1, 0.15) is 0 Å². The van der Waals surface area contributed by atoms with Gasteiger partial charge in [-0.05, 0) is 0 Å². The Balaban J connectivity index is 0. The molecule has 6 nitrogen and oxygen atoms in total. The van der Waals surface area contributed by atoms with Gasteiger partial charge in [0.15, 0.2) is 0 Å². The van der Waals surface area contributed by atoms with Crippen molar-refractivity contribution in [2.24, 2.45) is 0 Å². The molecule has 0 aliphatic rings. The fourth-order valence-corrected chi connectivity index (χ4v) is 0. The number of rotatable bonds is 0. The van der Waals surface area contributed by atoms with Crippen molar-refractivity contribution in [3.8, 4) is 0 Å². The molecule has 0 aliphatic heterocycles. The Labute approximate surface area is 74.8 Å². The second-order valence-electron chi connectivity index (χ2n) is 0. The predicted molar refractivity (Wildman–Crippen MR) is 21.7 cm³/mol. The van der Waals surface area contributed by atoms with Crippen LogP contribution < -0.4 is 42.0 Å². The van der Waals surface area contributed by atoms with E-state index in [2.05, 4.69) is 0 Å². The van der Waals surface area contributed by atoms with E-state index in [1.165, 1.54) is 0 Å². The average molecular weight is 167 g/mol. The van der Waals surface area contributed by atoms with E-state index >= 15 is 0 Å². The Morgan fingerprint density at radius 3 is 0.375 bits per heavy atom. The maximum atomic E-state index is 0. The molecule has 56 valence electrons. The molecule has 0 amide bonds. The van der Waals surface area contributed by atoms with Crippen LogP contribution in [0, 0.1) is 0 Å². The van der Waals surface area contributed by atoms with Gasteiger partial charge in [-0.3, -0.25) is 0 Å². The molecule has 0 rings (SSSR count). The summed E-state index contributed by atoms with van der Waals surface area (Å²) in [6.07, 6.45) is 0. The van der Waals surface area contributed by atoms with E-state index in [0.717, 1.165) is 0 Å². The zero-order valence-electron chi connectivity index (χ0n) is 4.38. The van der Waals surface area contributed by atoms with Crippen LogP contribution in [-0.4, -0.2) is 32.9 Å². The number of hydrogen-bond acceptors (Lipinski definition) is 0. The zero-order valence-corrected chi connectivity index (χ0v) is 7.13. The van der Waals surface area contributed by atoms with Gasteiger partial charge in [0.25, 0.3) is 0 Å². The van der Waals surface area contributed by atoms with Crippen LogP contribution in [0.3, 0.4) is 0 Å². The van der Waals surface area contributed by atoms with Crippen molar-refractivity contribution in [2.75, 3.05) is 0 Å². The van der Waals surface area contributed by atoms with E-state index in [9.17, 15) is 0 Å². The van der Waals surface area contributed by atoms with Gasteiger partial charge in [-0.25, -0.2) is 0 Å². The van der Waals surface area contributed by atoms with Crippen molar-refractivity contribution in [2.45, 2.75) is 0 Å². The zero-order chi connectivity index (χ0) is 0. The van der Waals surface area contributed by atoms with Crippen LogP contribution in [0.5, 0.6) is 0 Å². The van der Waals surface area contributed by atoms with Crippen LogP contribution in [0.25, 0.3) is 0 Å². The van der Waals surface area contributed by atoms with Crippen LogP contribution in [0.15, 0.2) is 0 Å². The van der Waals surface area contributed by atoms with Gasteiger partial charge in [-0.2, -0.15) is 0 Å². The second-order valence-corrected chi connectivity index (χ2v) is 0. The fourth-order valence-electron chi connectivity index (χ4n) is 0. The molecule has 0 fully saturated rings. The largest absolute Gasteiger partial charge is 1.00 e. The molecule has 0 aromatic carbocycles. The summed E-state index contributed by atoms with van der Waals surface area (Å²) in [5.41, 5.74) is 0. The molecule has 0 aromatic heterocycles. The monoisotopic (exact) mass is 166 g/mol. The van der Waals surface area contributed by atoms with Crippen molar-refractivity contribution in [3.63, 3.8) is 0 Å². The minimum Gasteiger partial charge on any atom is -1.00 e. The Kier molecular flexibility index (Phi) is 24100. The van der Waals surface area contributed by atoms with Gasteiger partial charge in [-0.1, -0.05) is 0 Å². The van der Waals surface area contributed by atoms with Crippen LogP contribution in [0.2, 0.25) is 0 Å². The molecule has 8 heteroatoms. The van der Waals surface area contributed by atoms with Gasteiger partial charge < -0.3 is 45.3 Å². The van der Waals surface area contributed by atoms with Crippen LogP contribution in [0.4, 0.5) is 0 Å². The summed E-state index contributed by atoms with van der Waals surface area (Å²) in [6.45, 7) is 0. The summed E-state index contributed by atoms with van der Waals surface area (Å²) in [7, 11) is 0. The fraction of sp³-hybridized carbons (Fsp3) is 0. The van der Waals surface area contributed by atoms with Crippen molar-refractivity contribution in [1.29, 1.82) is 0 Å². The summed E-state index contributed by atoms with van der Waals surface area (Å²) in [5, 5.41) is 0. The summed E-state index contributed by atoms with van der Waals surface area (Å²) in [4.78, 5) is 0. The molecule has 0 aliphatic carbocycles. The van der Waals surface area contributed by atoms with Gasteiger partial charge in [0.05, 0.1) is 0 Å². The summed E-state index contributed by atoms with van der Waals surface area (Å²) in [6, 6.07) is 0. The van der Waals surface area contributed by atoms with Crippen LogP contribution in [-0.2, 0) is 0 Å². The molecule has 0 saturated carbocycles. The Bertz CT molecular complexity index is 8.49. The SMILES string of the molecule is O.O.O.O.O.O.[Cl-].[Na+]. The van der Waals surface area contributed by atoms with Gasteiger partial charge >= 0.3 is 29.6 Å². The molecular formula is H12ClNaO6. The molecule has 0 aromatic rings. The quantitative estimate of drug-likeness (QED) is 0.309. The topological polar surface area (TPSA) is 189 Å². The third-order valence-corrected chi connectivity index (χ3v) is 0. The van der Waals surface area contributed by atoms with E-state index in [1.807, 2.05) is 0 Å². The van der Waals surface area contributed by atoms with E-state index in [1.54, 1.807) is 0 Å². The van der Waals surface area contributed by atoms with E-state index < -0.39 is 0 Å². The molecule has 0 unspecified atom stereocenters. The smallest absolute Gasteiger partial charge is 1.00 e. The first-order chi connectivity index (χ1) is 0. The molecule has 0 spiro atoms. The first-order valence-corrected chi connectivity index (χ1v) is 0. The minimum atomic E-state index is 0. The van der Waals surface area contributed by atoms with E-state index in [0.29, 0.717) is 0 Å². The maximum absolute atomic E-state index is 0. The summed E-state index contributed by atoms with van der Waals surface area (Å²) < 4.78 is 0. The molecule has 0 radical (unpaired) electrons. The standard InChI is InChI=1S/ClH.Na.6H2O/h1H;;6*1H2/q;+1;;;;;;/p-1. The van der Waals surface area contributed by atoms with Crippen LogP contribution >= 0.6 is 0 Å². The number of halogens is 1. The molecule has 0 saturated heterocycles. The molecule has 12 N–H and O–H groups in total. The molecular weight excluding hydrogens is 154 g/mol. The Morgan fingerprint density at radius 1 is 0.375 bits per heavy atom. The van der Waals surface area contributed by atoms with E-state index in [-0.39, 0.29) is 74.8 Å². The van der Waals surface area contributed by atoms with Gasteiger partial charge in [0, 0.05) is 0 Å². The van der Waals surface area contributed by atoms with Gasteiger partial charge in [0.1, 0.15) is 0 Å². The molecule has 0 bridgehead atoms. The van der Waals surface area contributed by atoms with E-state index in [4.69, 9.17) is 0 Å². The van der Waals surface area contributed by atoms with Crippen molar-refractivity contribution < 1.29 is 74.8 Å². The third-order valence-electron chi connectivity index (χ3n) is 0. The maximum Gasteiger partial charge on any atom is 1.00 e. The number of hydrogen-bond donors (Lipinski definition) is 0. The Morgan fingerprint density at radius 2 is 0.375 bits per heavy atom. The van der Waals surface area contributed by atoms with Crippen molar-refractivity contribution in [3.05, 3.63) is 0 Å². The summed E-state index contributed by atoms with van der Waals surface area (Å²) >= 11 is 0. The molecule has 8 heavy (non-hydrogen) atoms. The van der Waals surface area contributed by atoms with Crippen molar-refractivity contribution in [1.82, 2.24) is 0 Å². The van der Waals surface area contributed by atoms with Gasteiger partial charge in [0.2, 0.25) is 0 Å². The first kappa shape index (κ1) is 532. The molecule has 0 heterocycles. The van der Waals surface area contributed by atoms with Crippen molar-refractivity contribution >= 4 is 0 Å². The third kappa shape index (κ3) is 234. The van der Waals surface area contributed by atoms with Gasteiger partial charge in [-0.15, -0.1) is 0 Å². The second kappa shape index (κ2) is 363. The predicted octanol–water partition coefficient (Wildman–Crippen LogP) is -10.9. The first-order valence-electron chi connectivity index (χ1n) is 0. The molecule has 0 atom stereocenters. The minimum absolute atomic E-state index is 0. The normalized spacial score (nSPS) is 0. The summed E-state index contributed by atoms with van der Waals surface area (Å²) in [5.74, 6) is 0. The Hall–Kier alpha value is 1.05. The average Bonchev–Trinajstić information content (AvgIpc) is 0.